The highest BCUT2D eigenvalue weighted by atomic mass is 14.3. The Kier molecular flexibility index (Phi) is 7.56. The lowest BCUT2D eigenvalue weighted by Gasteiger charge is -2.34. The molecule has 0 heteroatoms. The van der Waals surface area contributed by atoms with Crippen LogP contribution in [-0.4, -0.2) is 0 Å². The van der Waals surface area contributed by atoms with Crippen molar-refractivity contribution in [2.24, 2.45) is 22.7 Å². The van der Waals surface area contributed by atoms with E-state index in [4.69, 9.17) is 0 Å². The van der Waals surface area contributed by atoms with Crippen molar-refractivity contribution in [1.82, 2.24) is 0 Å². The summed E-state index contributed by atoms with van der Waals surface area (Å²) in [7, 11) is 0. The van der Waals surface area contributed by atoms with E-state index in [0.29, 0.717) is 10.8 Å². The van der Waals surface area contributed by atoms with E-state index >= 15 is 0 Å². The molecule has 0 aliphatic rings. The van der Waals surface area contributed by atoms with E-state index in [1.54, 1.807) is 0 Å². The van der Waals surface area contributed by atoms with Gasteiger partial charge in [-0.25, -0.2) is 0 Å². The fourth-order valence-corrected chi connectivity index (χ4v) is 3.52. The van der Waals surface area contributed by atoms with Crippen LogP contribution < -0.4 is 0 Å². The van der Waals surface area contributed by atoms with Gasteiger partial charge in [0.25, 0.3) is 0 Å². The maximum absolute atomic E-state index is 2.46. The van der Waals surface area contributed by atoms with Gasteiger partial charge in [-0.3, -0.25) is 0 Å². The molecule has 18 heavy (non-hydrogen) atoms. The predicted octanol–water partition coefficient (Wildman–Crippen LogP) is 6.69. The summed E-state index contributed by atoms with van der Waals surface area (Å²) in [5.74, 6) is 1.71. The van der Waals surface area contributed by atoms with Crippen molar-refractivity contribution >= 4 is 0 Å². The average Bonchev–Trinajstić information content (AvgIpc) is 2.12. The molecule has 0 saturated carbocycles. The van der Waals surface area contributed by atoms with Crippen molar-refractivity contribution in [2.75, 3.05) is 0 Å². The standard InChI is InChI=1S/C18H38/c1-9-10-16(4)14-18(7,8)12-11-17(5,6)13-15(2)3/h15-16H,9-14H2,1-8H3. The highest BCUT2D eigenvalue weighted by Crippen LogP contribution is 2.38. The molecular weight excluding hydrogens is 216 g/mol. The van der Waals surface area contributed by atoms with Crippen LogP contribution in [0.3, 0.4) is 0 Å². The molecule has 0 aromatic carbocycles. The monoisotopic (exact) mass is 254 g/mol. The molecule has 1 atom stereocenters. The highest BCUT2D eigenvalue weighted by Gasteiger charge is 2.26. The van der Waals surface area contributed by atoms with Gasteiger partial charge in [-0.2, -0.15) is 0 Å². The van der Waals surface area contributed by atoms with Gasteiger partial charge in [0, 0.05) is 0 Å². The van der Waals surface area contributed by atoms with Crippen LogP contribution in [0.25, 0.3) is 0 Å². The van der Waals surface area contributed by atoms with Crippen LogP contribution in [0.1, 0.15) is 93.9 Å². The van der Waals surface area contributed by atoms with Crippen LogP contribution in [0.2, 0.25) is 0 Å². The highest BCUT2D eigenvalue weighted by molar-refractivity contribution is 4.77. The molecule has 1 unspecified atom stereocenters. The maximum Gasteiger partial charge on any atom is -0.0351 e. The Labute approximate surface area is 117 Å². The molecule has 0 aliphatic carbocycles. The molecule has 0 N–H and O–H groups in total. The largest absolute Gasteiger partial charge is 0.0654 e. The van der Waals surface area contributed by atoms with Crippen LogP contribution in [0, 0.1) is 22.7 Å². The molecule has 0 saturated heterocycles. The Morgan fingerprint density at radius 1 is 0.778 bits per heavy atom. The Hall–Kier alpha value is 0. The second-order valence-electron chi connectivity index (χ2n) is 8.52. The lowest BCUT2D eigenvalue weighted by Crippen LogP contribution is -2.21. The zero-order valence-corrected chi connectivity index (χ0v) is 14.4. The molecule has 0 bridgehead atoms. The first-order valence-corrected chi connectivity index (χ1v) is 8.08. The van der Waals surface area contributed by atoms with Gasteiger partial charge in [-0.1, -0.05) is 68.2 Å². The molecule has 0 aliphatic heterocycles. The van der Waals surface area contributed by atoms with Gasteiger partial charge >= 0.3 is 0 Å². The fourth-order valence-electron chi connectivity index (χ4n) is 3.52. The third-order valence-corrected chi connectivity index (χ3v) is 4.12. The van der Waals surface area contributed by atoms with Gasteiger partial charge < -0.3 is 0 Å². The molecule has 0 aromatic heterocycles. The summed E-state index contributed by atoms with van der Waals surface area (Å²) in [6, 6.07) is 0. The number of rotatable bonds is 9. The van der Waals surface area contributed by atoms with E-state index in [2.05, 4.69) is 55.4 Å². The first-order chi connectivity index (χ1) is 8.08. The summed E-state index contributed by atoms with van der Waals surface area (Å²) < 4.78 is 0. The fraction of sp³-hybridized carbons (Fsp3) is 1.00. The average molecular weight is 255 g/mol. The molecule has 0 aromatic rings. The van der Waals surface area contributed by atoms with Crippen LogP contribution in [0.5, 0.6) is 0 Å². The minimum Gasteiger partial charge on any atom is -0.0654 e. The predicted molar refractivity (Wildman–Crippen MR) is 84.9 cm³/mol. The van der Waals surface area contributed by atoms with E-state index in [9.17, 15) is 0 Å². The van der Waals surface area contributed by atoms with Gasteiger partial charge in [0.2, 0.25) is 0 Å². The SMILES string of the molecule is CCCC(C)CC(C)(C)CCC(C)(C)CC(C)C. The molecular formula is C18H38. The summed E-state index contributed by atoms with van der Waals surface area (Å²) in [5.41, 5.74) is 1.03. The zero-order valence-electron chi connectivity index (χ0n) is 14.4. The van der Waals surface area contributed by atoms with E-state index < -0.39 is 0 Å². The topological polar surface area (TPSA) is 0 Å². The molecule has 0 rings (SSSR count). The summed E-state index contributed by atoms with van der Waals surface area (Å²) in [4.78, 5) is 0. The smallest absolute Gasteiger partial charge is 0.0351 e. The summed E-state index contributed by atoms with van der Waals surface area (Å²) in [6.45, 7) is 19.2. The van der Waals surface area contributed by atoms with Crippen molar-refractivity contribution in [3.63, 3.8) is 0 Å². The number of hydrogen-bond donors (Lipinski definition) is 0. The van der Waals surface area contributed by atoms with Crippen molar-refractivity contribution in [3.8, 4) is 0 Å². The van der Waals surface area contributed by atoms with Gasteiger partial charge in [-0.05, 0) is 48.3 Å². The Morgan fingerprint density at radius 2 is 1.22 bits per heavy atom. The maximum atomic E-state index is 2.46. The molecule has 0 spiro atoms. The Bertz CT molecular complexity index is 210. The second kappa shape index (κ2) is 7.56. The molecule has 110 valence electrons. The van der Waals surface area contributed by atoms with Crippen molar-refractivity contribution < 1.29 is 0 Å². The Morgan fingerprint density at radius 3 is 1.61 bits per heavy atom. The molecule has 0 fully saturated rings. The van der Waals surface area contributed by atoms with Gasteiger partial charge in [0.05, 0.1) is 0 Å². The van der Waals surface area contributed by atoms with Gasteiger partial charge in [0.1, 0.15) is 0 Å². The van der Waals surface area contributed by atoms with Crippen LogP contribution in [0.15, 0.2) is 0 Å². The second-order valence-corrected chi connectivity index (χ2v) is 8.52. The van der Waals surface area contributed by atoms with Crippen molar-refractivity contribution in [3.05, 3.63) is 0 Å². The van der Waals surface area contributed by atoms with E-state index in [1.165, 1.54) is 38.5 Å². The normalized spacial score (nSPS) is 15.2. The summed E-state index contributed by atoms with van der Waals surface area (Å²) >= 11 is 0. The van der Waals surface area contributed by atoms with E-state index in [0.717, 1.165) is 11.8 Å². The molecule has 0 nitrogen and oxygen atoms in total. The number of hydrogen-bond acceptors (Lipinski definition) is 0. The minimum atomic E-state index is 0.513. The van der Waals surface area contributed by atoms with Gasteiger partial charge in [0.15, 0.2) is 0 Å². The summed E-state index contributed by atoms with van der Waals surface area (Å²) in [6.07, 6.45) is 8.21. The van der Waals surface area contributed by atoms with Crippen LogP contribution >= 0.6 is 0 Å². The minimum absolute atomic E-state index is 0.513. The summed E-state index contributed by atoms with van der Waals surface area (Å²) in [5, 5.41) is 0. The van der Waals surface area contributed by atoms with E-state index in [-0.39, 0.29) is 0 Å². The van der Waals surface area contributed by atoms with Crippen LogP contribution in [0.4, 0.5) is 0 Å². The van der Waals surface area contributed by atoms with Gasteiger partial charge in [-0.15, -0.1) is 0 Å². The zero-order chi connectivity index (χ0) is 14.4. The molecule has 0 amide bonds. The molecule has 0 heterocycles. The van der Waals surface area contributed by atoms with Crippen molar-refractivity contribution in [1.29, 1.82) is 0 Å². The van der Waals surface area contributed by atoms with Crippen molar-refractivity contribution in [2.45, 2.75) is 93.9 Å². The first-order valence-electron chi connectivity index (χ1n) is 8.08. The third-order valence-electron chi connectivity index (χ3n) is 4.12. The lowest BCUT2D eigenvalue weighted by molar-refractivity contribution is 0.181. The first kappa shape index (κ1) is 18.0. The molecule has 0 radical (unpaired) electrons. The quantitative estimate of drug-likeness (QED) is 0.430. The third kappa shape index (κ3) is 9.00. The Balaban J connectivity index is 4.16. The van der Waals surface area contributed by atoms with Crippen LogP contribution in [-0.2, 0) is 0 Å². The van der Waals surface area contributed by atoms with E-state index in [1.807, 2.05) is 0 Å². The lowest BCUT2D eigenvalue weighted by atomic mass is 9.72.